The number of rotatable bonds is 4. The van der Waals surface area contributed by atoms with Crippen molar-refractivity contribution in [3.05, 3.63) is 64.4 Å². The highest BCUT2D eigenvalue weighted by molar-refractivity contribution is 7.80. The van der Waals surface area contributed by atoms with Crippen LogP contribution in [0.15, 0.2) is 42.5 Å². The van der Waals surface area contributed by atoms with E-state index in [-0.39, 0.29) is 17.4 Å². The maximum absolute atomic E-state index is 13.2. The fourth-order valence-electron chi connectivity index (χ4n) is 1.64. The van der Waals surface area contributed by atoms with E-state index in [1.54, 1.807) is 30.3 Å². The van der Waals surface area contributed by atoms with Gasteiger partial charge in [-0.3, -0.25) is 0 Å². The molecule has 0 bridgehead atoms. The van der Waals surface area contributed by atoms with E-state index >= 15 is 0 Å². The summed E-state index contributed by atoms with van der Waals surface area (Å²) in [4.78, 5) is 0.206. The Balaban J connectivity index is 2.22. The first-order valence-corrected chi connectivity index (χ1v) is 6.32. The molecular weight excluding hydrogens is 285 g/mol. The first kappa shape index (κ1) is 13.8. The molecular formula is C14H11ClFNOS. The van der Waals surface area contributed by atoms with Crippen molar-refractivity contribution in [3.8, 4) is 5.75 Å². The van der Waals surface area contributed by atoms with Crippen LogP contribution in [0.4, 0.5) is 4.39 Å². The summed E-state index contributed by atoms with van der Waals surface area (Å²) in [6.45, 7) is 0.147. The van der Waals surface area contributed by atoms with Gasteiger partial charge < -0.3 is 10.5 Å². The van der Waals surface area contributed by atoms with Crippen molar-refractivity contribution in [3.63, 3.8) is 0 Å². The zero-order valence-corrected chi connectivity index (χ0v) is 11.5. The van der Waals surface area contributed by atoms with Gasteiger partial charge in [-0.05, 0) is 30.3 Å². The van der Waals surface area contributed by atoms with Gasteiger partial charge in [0.15, 0.2) is 0 Å². The Morgan fingerprint density at radius 3 is 2.68 bits per heavy atom. The Hall–Kier alpha value is -1.65. The second kappa shape index (κ2) is 5.99. The molecule has 2 N–H and O–H groups in total. The van der Waals surface area contributed by atoms with Crippen LogP contribution >= 0.6 is 23.8 Å². The van der Waals surface area contributed by atoms with Crippen molar-refractivity contribution in [2.45, 2.75) is 6.61 Å². The van der Waals surface area contributed by atoms with E-state index in [0.717, 1.165) is 0 Å². The van der Waals surface area contributed by atoms with Crippen LogP contribution in [0.25, 0.3) is 0 Å². The highest BCUT2D eigenvalue weighted by Gasteiger charge is 2.08. The lowest BCUT2D eigenvalue weighted by Gasteiger charge is -2.11. The number of para-hydroxylation sites is 1. The number of halogens is 2. The van der Waals surface area contributed by atoms with Crippen LogP contribution < -0.4 is 10.5 Å². The summed E-state index contributed by atoms with van der Waals surface area (Å²) in [5, 5.41) is 0.496. The molecule has 0 spiro atoms. The van der Waals surface area contributed by atoms with E-state index in [4.69, 9.17) is 34.3 Å². The summed E-state index contributed by atoms with van der Waals surface area (Å²) in [6.07, 6.45) is 0. The molecule has 0 aromatic heterocycles. The van der Waals surface area contributed by atoms with Crippen molar-refractivity contribution < 1.29 is 9.13 Å². The zero-order chi connectivity index (χ0) is 13.8. The van der Waals surface area contributed by atoms with Gasteiger partial charge in [-0.2, -0.15) is 0 Å². The third-order valence-electron chi connectivity index (χ3n) is 2.55. The minimum atomic E-state index is -0.363. The van der Waals surface area contributed by atoms with Crippen LogP contribution in [-0.4, -0.2) is 4.99 Å². The minimum Gasteiger partial charge on any atom is -0.487 e. The molecule has 0 unspecified atom stereocenters. The van der Waals surface area contributed by atoms with Crippen molar-refractivity contribution in [1.29, 1.82) is 0 Å². The third-order valence-corrected chi connectivity index (χ3v) is 3.08. The standard InChI is InChI=1S/C14H11ClFNOS/c15-12-3-1-2-4-13(12)18-8-9-7-10(16)5-6-11(9)14(17)19/h1-7H,8H2,(H2,17,19). The van der Waals surface area contributed by atoms with Gasteiger partial charge in [-0.15, -0.1) is 0 Å². The molecule has 19 heavy (non-hydrogen) atoms. The van der Waals surface area contributed by atoms with E-state index in [0.29, 0.717) is 21.9 Å². The first-order valence-electron chi connectivity index (χ1n) is 5.53. The van der Waals surface area contributed by atoms with Gasteiger partial charge in [0.2, 0.25) is 0 Å². The van der Waals surface area contributed by atoms with E-state index in [2.05, 4.69) is 0 Å². The number of benzene rings is 2. The normalized spacial score (nSPS) is 10.2. The molecule has 2 nitrogen and oxygen atoms in total. The van der Waals surface area contributed by atoms with E-state index in [9.17, 15) is 4.39 Å². The summed E-state index contributed by atoms with van der Waals surface area (Å²) in [5.74, 6) is 0.167. The van der Waals surface area contributed by atoms with Gasteiger partial charge in [0.25, 0.3) is 0 Å². The molecule has 2 aromatic rings. The van der Waals surface area contributed by atoms with Gasteiger partial charge in [-0.1, -0.05) is 36.0 Å². The Morgan fingerprint density at radius 1 is 1.26 bits per heavy atom. The maximum Gasteiger partial charge on any atom is 0.138 e. The summed E-state index contributed by atoms with van der Waals surface area (Å²) in [5.41, 5.74) is 6.78. The highest BCUT2D eigenvalue weighted by Crippen LogP contribution is 2.24. The van der Waals surface area contributed by atoms with E-state index in [1.165, 1.54) is 12.1 Å². The third kappa shape index (κ3) is 3.43. The van der Waals surface area contributed by atoms with E-state index in [1.807, 2.05) is 0 Å². The molecule has 0 saturated carbocycles. The fourth-order valence-corrected chi connectivity index (χ4v) is 2.03. The number of nitrogens with two attached hydrogens (primary N) is 1. The molecule has 0 aliphatic carbocycles. The molecule has 0 amide bonds. The largest absolute Gasteiger partial charge is 0.487 e. The zero-order valence-electron chi connectivity index (χ0n) is 9.90. The van der Waals surface area contributed by atoms with Crippen molar-refractivity contribution >= 4 is 28.8 Å². The Bertz CT molecular complexity index is 618. The number of hydrogen-bond acceptors (Lipinski definition) is 2. The van der Waals surface area contributed by atoms with E-state index < -0.39 is 0 Å². The van der Waals surface area contributed by atoms with Crippen LogP contribution in [0.3, 0.4) is 0 Å². The molecule has 0 aliphatic heterocycles. The predicted molar refractivity (Wildman–Crippen MR) is 78.1 cm³/mol. The monoisotopic (exact) mass is 295 g/mol. The second-order valence-corrected chi connectivity index (χ2v) is 4.73. The van der Waals surface area contributed by atoms with Crippen LogP contribution in [0, 0.1) is 5.82 Å². The molecule has 98 valence electrons. The molecule has 0 atom stereocenters. The fraction of sp³-hybridized carbons (Fsp3) is 0.0714. The Kier molecular flexibility index (Phi) is 4.35. The lowest BCUT2D eigenvalue weighted by atomic mass is 10.1. The quantitative estimate of drug-likeness (QED) is 0.874. The summed E-state index contributed by atoms with van der Waals surface area (Å²) >= 11 is 10.9. The Morgan fingerprint density at radius 2 is 2.00 bits per heavy atom. The highest BCUT2D eigenvalue weighted by atomic mass is 35.5. The molecule has 0 fully saturated rings. The second-order valence-electron chi connectivity index (χ2n) is 3.88. The molecule has 2 rings (SSSR count). The average molecular weight is 296 g/mol. The van der Waals surface area contributed by atoms with Crippen molar-refractivity contribution in [2.75, 3.05) is 0 Å². The molecule has 0 heterocycles. The lowest BCUT2D eigenvalue weighted by Crippen LogP contribution is -2.13. The molecule has 0 radical (unpaired) electrons. The van der Waals surface area contributed by atoms with Crippen LogP contribution in [0.1, 0.15) is 11.1 Å². The van der Waals surface area contributed by atoms with Crippen molar-refractivity contribution in [2.24, 2.45) is 5.73 Å². The molecule has 0 aliphatic rings. The number of thiocarbonyl (C=S) groups is 1. The lowest BCUT2D eigenvalue weighted by molar-refractivity contribution is 0.305. The average Bonchev–Trinajstić information content (AvgIpc) is 2.37. The first-order chi connectivity index (χ1) is 9.08. The minimum absolute atomic E-state index is 0.147. The van der Waals surface area contributed by atoms with Gasteiger partial charge in [0.1, 0.15) is 23.2 Å². The number of hydrogen-bond donors (Lipinski definition) is 1. The predicted octanol–water partition coefficient (Wildman–Crippen LogP) is 3.69. The topological polar surface area (TPSA) is 35.2 Å². The Labute approximate surface area is 120 Å². The van der Waals surface area contributed by atoms with Gasteiger partial charge >= 0.3 is 0 Å². The van der Waals surface area contributed by atoms with Crippen molar-refractivity contribution in [1.82, 2.24) is 0 Å². The summed E-state index contributed by atoms with van der Waals surface area (Å²) in [7, 11) is 0. The SMILES string of the molecule is NC(=S)c1ccc(F)cc1COc1ccccc1Cl. The maximum atomic E-state index is 13.2. The molecule has 5 heteroatoms. The summed E-state index contributed by atoms with van der Waals surface area (Å²) in [6, 6.07) is 11.3. The van der Waals surface area contributed by atoms with Crippen LogP contribution in [0.2, 0.25) is 5.02 Å². The molecule has 2 aromatic carbocycles. The van der Waals surface area contributed by atoms with Gasteiger partial charge in [0.05, 0.1) is 5.02 Å². The van der Waals surface area contributed by atoms with Gasteiger partial charge in [-0.25, -0.2) is 4.39 Å². The van der Waals surface area contributed by atoms with Crippen LogP contribution in [0.5, 0.6) is 5.75 Å². The van der Waals surface area contributed by atoms with Gasteiger partial charge in [0, 0.05) is 11.1 Å². The smallest absolute Gasteiger partial charge is 0.138 e. The number of ether oxygens (including phenoxy) is 1. The summed E-state index contributed by atoms with van der Waals surface area (Å²) < 4.78 is 18.8. The molecule has 0 saturated heterocycles. The van der Waals surface area contributed by atoms with Crippen LogP contribution in [-0.2, 0) is 6.61 Å².